The Hall–Kier alpha value is -3.01. The average molecular weight is 580 g/mol. The first kappa shape index (κ1) is 30.9. The van der Waals surface area contributed by atoms with Crippen molar-refractivity contribution in [3.05, 3.63) is 70.8 Å². The first-order valence-electron chi connectivity index (χ1n) is 14.1. The van der Waals surface area contributed by atoms with Gasteiger partial charge in [-0.05, 0) is 113 Å². The van der Waals surface area contributed by atoms with Gasteiger partial charge in [0.15, 0.2) is 0 Å². The van der Waals surface area contributed by atoms with Crippen LogP contribution >= 0.6 is 0 Å². The van der Waals surface area contributed by atoms with Crippen LogP contribution in [0.15, 0.2) is 42.5 Å². The molecule has 0 aromatic heterocycles. The Morgan fingerprint density at radius 3 is 2.24 bits per heavy atom. The molecule has 2 aliphatic rings. The molecular weight excluding hydrogens is 541 g/mol. The van der Waals surface area contributed by atoms with Gasteiger partial charge in [-0.25, -0.2) is 8.78 Å². The summed E-state index contributed by atoms with van der Waals surface area (Å²) >= 11 is 0. The van der Waals surface area contributed by atoms with E-state index in [1.807, 2.05) is 26.0 Å². The second-order valence-corrected chi connectivity index (χ2v) is 12.3. The summed E-state index contributed by atoms with van der Waals surface area (Å²) in [5.41, 5.74) is -1.51. The lowest BCUT2D eigenvalue weighted by Crippen LogP contribution is -2.51. The van der Waals surface area contributed by atoms with E-state index in [9.17, 15) is 31.5 Å². The van der Waals surface area contributed by atoms with E-state index >= 15 is 0 Å². The second-order valence-electron chi connectivity index (χ2n) is 12.3. The van der Waals surface area contributed by atoms with Crippen LogP contribution in [0.2, 0.25) is 0 Å². The van der Waals surface area contributed by atoms with Crippen molar-refractivity contribution >= 4 is 11.8 Å². The highest BCUT2D eigenvalue weighted by atomic mass is 19.4. The molecule has 2 aromatic carbocycles. The molecule has 2 atom stereocenters. The fourth-order valence-corrected chi connectivity index (χ4v) is 6.84. The molecule has 1 aliphatic heterocycles. The van der Waals surface area contributed by atoms with Gasteiger partial charge in [-0.15, -0.1) is 0 Å². The van der Waals surface area contributed by atoms with E-state index < -0.39 is 28.5 Å². The number of nitrogens with zero attached hydrogens (tertiary/aromatic N) is 1. The van der Waals surface area contributed by atoms with E-state index in [1.165, 1.54) is 19.1 Å². The van der Waals surface area contributed by atoms with Gasteiger partial charge >= 0.3 is 6.18 Å². The van der Waals surface area contributed by atoms with Gasteiger partial charge in [0.1, 0.15) is 11.6 Å². The molecule has 224 valence electrons. The number of likely N-dealkylation sites (tertiary alicyclic amines) is 1. The maximum Gasteiger partial charge on any atom is 0.416 e. The van der Waals surface area contributed by atoms with Crippen LogP contribution in [0.4, 0.5) is 22.0 Å². The molecule has 0 spiro atoms. The number of rotatable bonds is 8. The summed E-state index contributed by atoms with van der Waals surface area (Å²) in [7, 11) is 0. The fourth-order valence-electron chi connectivity index (χ4n) is 6.84. The predicted molar refractivity (Wildman–Crippen MR) is 146 cm³/mol. The normalized spacial score (nSPS) is 22.5. The van der Waals surface area contributed by atoms with Crippen LogP contribution in [-0.4, -0.2) is 41.4 Å². The summed E-state index contributed by atoms with van der Waals surface area (Å²) < 4.78 is 66.9. The van der Waals surface area contributed by atoms with Crippen molar-refractivity contribution in [3.8, 4) is 0 Å². The molecule has 1 saturated carbocycles. The van der Waals surface area contributed by atoms with E-state index in [-0.39, 0.29) is 35.8 Å². The third kappa shape index (κ3) is 7.84. The van der Waals surface area contributed by atoms with Crippen LogP contribution in [0, 0.1) is 17.0 Å². The summed E-state index contributed by atoms with van der Waals surface area (Å²) in [5, 5.41) is 5.70. The Bertz CT molecular complexity index is 1240. The van der Waals surface area contributed by atoms with Crippen LogP contribution in [0.25, 0.3) is 0 Å². The molecule has 41 heavy (non-hydrogen) atoms. The van der Waals surface area contributed by atoms with Gasteiger partial charge in [0.05, 0.1) is 11.0 Å². The van der Waals surface area contributed by atoms with Crippen molar-refractivity contribution in [1.29, 1.82) is 0 Å². The van der Waals surface area contributed by atoms with Gasteiger partial charge in [-0.3, -0.25) is 9.59 Å². The van der Waals surface area contributed by atoms with Crippen LogP contribution in [0.5, 0.6) is 0 Å². The van der Waals surface area contributed by atoms with Gasteiger partial charge in [0.2, 0.25) is 11.8 Å². The van der Waals surface area contributed by atoms with Crippen molar-refractivity contribution in [2.75, 3.05) is 13.1 Å². The number of hydrogen-bond acceptors (Lipinski definition) is 3. The molecule has 4 rings (SSSR count). The molecular formula is C31H38F5N3O2. The number of piperidine rings is 1. The summed E-state index contributed by atoms with van der Waals surface area (Å²) in [6, 6.07) is 9.04. The van der Waals surface area contributed by atoms with E-state index in [2.05, 4.69) is 15.5 Å². The lowest BCUT2D eigenvalue weighted by molar-refractivity contribution is -0.137. The second kappa shape index (κ2) is 12.1. The van der Waals surface area contributed by atoms with Gasteiger partial charge in [-0.2, -0.15) is 13.2 Å². The molecule has 1 unspecified atom stereocenters. The quantitative estimate of drug-likeness (QED) is 0.360. The molecule has 2 N–H and O–H groups in total. The Labute approximate surface area is 237 Å². The Morgan fingerprint density at radius 1 is 0.976 bits per heavy atom. The largest absolute Gasteiger partial charge is 0.416 e. The number of carbonyl (C=O) groups is 2. The number of hydrogen-bond donors (Lipinski definition) is 2. The number of amides is 2. The first-order chi connectivity index (χ1) is 19.2. The highest BCUT2D eigenvalue weighted by Crippen LogP contribution is 2.47. The van der Waals surface area contributed by atoms with E-state index in [0.717, 1.165) is 50.0 Å². The molecule has 1 aliphatic carbocycles. The molecule has 1 saturated heterocycles. The fraction of sp³-hybridized carbons (Fsp3) is 0.548. The average Bonchev–Trinajstić information content (AvgIpc) is 3.30. The summed E-state index contributed by atoms with van der Waals surface area (Å²) in [5.74, 6) is -1.46. The standard InChI is InChI=1S/C31H38F5N3O2/c1-20(40)38-29(2,3)19-30(28(41)37-18-21-14-24(31(34,35)36)16-26(33)15-21)11-8-27(17-30)39-12-9-23(10-13-39)22-4-6-25(32)7-5-22/h4-7,14-16,23,27H,8-13,17-19H2,1-3H3,(H,37,41)(H,38,40)/t27?,30-/m0/s1. The zero-order chi connectivity index (χ0) is 30.0. The van der Waals surface area contributed by atoms with Crippen LogP contribution in [-0.2, 0) is 22.3 Å². The predicted octanol–water partition coefficient (Wildman–Crippen LogP) is 6.32. The van der Waals surface area contributed by atoms with Crippen molar-refractivity contribution in [2.24, 2.45) is 5.41 Å². The summed E-state index contributed by atoms with van der Waals surface area (Å²) in [6.45, 7) is 6.56. The molecule has 10 heteroatoms. The van der Waals surface area contributed by atoms with Gasteiger partial charge in [0.25, 0.3) is 0 Å². The molecule has 5 nitrogen and oxygen atoms in total. The van der Waals surface area contributed by atoms with E-state index in [4.69, 9.17) is 0 Å². The molecule has 0 radical (unpaired) electrons. The number of benzene rings is 2. The lowest BCUT2D eigenvalue weighted by Gasteiger charge is -2.39. The maximum absolute atomic E-state index is 13.9. The lowest BCUT2D eigenvalue weighted by atomic mass is 9.74. The minimum absolute atomic E-state index is 0.0272. The van der Waals surface area contributed by atoms with Gasteiger partial charge in [0, 0.05) is 25.0 Å². The maximum atomic E-state index is 13.9. The van der Waals surface area contributed by atoms with Gasteiger partial charge in [-0.1, -0.05) is 12.1 Å². The molecule has 0 bridgehead atoms. The smallest absolute Gasteiger partial charge is 0.352 e. The van der Waals surface area contributed by atoms with E-state index in [0.29, 0.717) is 31.2 Å². The first-order valence-corrected chi connectivity index (χ1v) is 14.1. The highest BCUT2D eigenvalue weighted by Gasteiger charge is 2.49. The van der Waals surface area contributed by atoms with Crippen LogP contribution in [0.3, 0.4) is 0 Å². The molecule has 2 fully saturated rings. The molecule has 2 aromatic rings. The zero-order valence-corrected chi connectivity index (χ0v) is 23.7. The van der Waals surface area contributed by atoms with Crippen molar-refractivity contribution < 1.29 is 31.5 Å². The highest BCUT2D eigenvalue weighted by molar-refractivity contribution is 5.83. The zero-order valence-electron chi connectivity index (χ0n) is 23.7. The van der Waals surface area contributed by atoms with Crippen LogP contribution < -0.4 is 10.6 Å². The van der Waals surface area contributed by atoms with Gasteiger partial charge < -0.3 is 15.5 Å². The topological polar surface area (TPSA) is 61.4 Å². The third-order valence-corrected chi connectivity index (χ3v) is 8.48. The minimum atomic E-state index is -4.70. The minimum Gasteiger partial charge on any atom is -0.352 e. The van der Waals surface area contributed by atoms with Crippen molar-refractivity contribution in [3.63, 3.8) is 0 Å². The molecule has 2 amide bonds. The number of nitrogens with one attached hydrogen (secondary N) is 2. The van der Waals surface area contributed by atoms with Crippen molar-refractivity contribution in [1.82, 2.24) is 15.5 Å². The van der Waals surface area contributed by atoms with Crippen LogP contribution in [0.1, 0.15) is 81.9 Å². The summed E-state index contributed by atoms with van der Waals surface area (Å²) in [6.07, 6.45) is -0.651. The molecule has 1 heterocycles. The van der Waals surface area contributed by atoms with Crippen molar-refractivity contribution in [2.45, 2.75) is 89.5 Å². The summed E-state index contributed by atoms with van der Waals surface area (Å²) in [4.78, 5) is 28.0. The Morgan fingerprint density at radius 2 is 1.63 bits per heavy atom. The number of halogens is 5. The van der Waals surface area contributed by atoms with E-state index in [1.54, 1.807) is 0 Å². The SMILES string of the molecule is CC(=O)NC(C)(C)C[C@]1(C(=O)NCc2cc(F)cc(C(F)(F)F)c2)CCC(N2CCC(c3ccc(F)cc3)CC2)C1. The third-order valence-electron chi connectivity index (χ3n) is 8.48. The monoisotopic (exact) mass is 579 g/mol. The number of carbonyl (C=O) groups excluding carboxylic acids is 2. The Balaban J connectivity index is 1.47. The number of alkyl halides is 3. The Kier molecular flexibility index (Phi) is 9.11.